The van der Waals surface area contributed by atoms with Gasteiger partial charge in [0.1, 0.15) is 5.56 Å². The number of hydrogen-bond acceptors (Lipinski definition) is 5. The number of hydrogen-bond donors (Lipinski definition) is 2. The van der Waals surface area contributed by atoms with Crippen LogP contribution < -0.4 is 10.1 Å². The fourth-order valence-corrected chi connectivity index (χ4v) is 3.17. The van der Waals surface area contributed by atoms with Gasteiger partial charge in [0.2, 0.25) is 5.88 Å². The first-order valence-electron chi connectivity index (χ1n) is 7.75. The molecule has 7 heteroatoms. The molecular formula is C18H19N3O3S. The molecule has 3 aromatic rings. The van der Waals surface area contributed by atoms with Crippen molar-refractivity contribution in [3.8, 4) is 17.0 Å². The predicted molar refractivity (Wildman–Crippen MR) is 96.8 cm³/mol. The van der Waals surface area contributed by atoms with Gasteiger partial charge < -0.3 is 15.2 Å². The molecule has 0 aliphatic heterocycles. The van der Waals surface area contributed by atoms with Gasteiger partial charge in [-0.15, -0.1) is 5.10 Å². The number of methoxy groups -OCH3 is 1. The predicted octanol–water partition coefficient (Wildman–Crippen LogP) is 2.62. The number of aliphatic hydroxyl groups is 1. The van der Waals surface area contributed by atoms with E-state index >= 15 is 0 Å². The molecule has 0 saturated heterocycles. The molecule has 1 aromatic carbocycles. The van der Waals surface area contributed by atoms with Gasteiger partial charge in [-0.3, -0.25) is 9.48 Å². The molecule has 3 rings (SSSR count). The molecule has 130 valence electrons. The molecule has 0 fully saturated rings. The Balaban J connectivity index is 1.62. The molecule has 25 heavy (non-hydrogen) atoms. The first-order valence-corrected chi connectivity index (χ1v) is 8.69. The van der Waals surface area contributed by atoms with Crippen LogP contribution in [0.1, 0.15) is 22.0 Å². The molecule has 2 heterocycles. The molecule has 1 atom stereocenters. The van der Waals surface area contributed by atoms with Crippen LogP contribution in [0.4, 0.5) is 0 Å². The van der Waals surface area contributed by atoms with Crippen LogP contribution in [0.3, 0.4) is 0 Å². The maximum atomic E-state index is 12.2. The highest BCUT2D eigenvalue weighted by molar-refractivity contribution is 7.08. The lowest BCUT2D eigenvalue weighted by Gasteiger charge is -2.12. The second-order valence-electron chi connectivity index (χ2n) is 5.59. The molecule has 6 nitrogen and oxygen atoms in total. The minimum Gasteiger partial charge on any atom is -0.479 e. The van der Waals surface area contributed by atoms with Crippen molar-refractivity contribution in [2.75, 3.05) is 13.7 Å². The summed E-state index contributed by atoms with van der Waals surface area (Å²) >= 11 is 1.64. The number of thiophene rings is 1. The maximum Gasteiger partial charge on any atom is 0.258 e. The van der Waals surface area contributed by atoms with Crippen LogP contribution in [0.2, 0.25) is 0 Å². The Labute approximate surface area is 149 Å². The Morgan fingerprint density at radius 2 is 2.08 bits per heavy atom. The van der Waals surface area contributed by atoms with Crippen LogP contribution in [-0.2, 0) is 7.05 Å². The van der Waals surface area contributed by atoms with Crippen molar-refractivity contribution in [1.29, 1.82) is 0 Å². The normalized spacial score (nSPS) is 12.0. The highest BCUT2D eigenvalue weighted by atomic mass is 32.1. The van der Waals surface area contributed by atoms with Gasteiger partial charge in [0, 0.05) is 19.8 Å². The van der Waals surface area contributed by atoms with Gasteiger partial charge in [-0.05, 0) is 33.5 Å². The van der Waals surface area contributed by atoms with Crippen LogP contribution in [0, 0.1) is 0 Å². The van der Waals surface area contributed by atoms with Gasteiger partial charge in [-0.2, -0.15) is 11.3 Å². The van der Waals surface area contributed by atoms with Gasteiger partial charge in [-0.25, -0.2) is 0 Å². The fourth-order valence-electron chi connectivity index (χ4n) is 2.50. The summed E-state index contributed by atoms with van der Waals surface area (Å²) in [6, 6.07) is 9.72. The van der Waals surface area contributed by atoms with E-state index < -0.39 is 6.10 Å². The van der Waals surface area contributed by atoms with Crippen molar-refractivity contribution in [1.82, 2.24) is 15.1 Å². The number of aliphatic hydroxyl groups excluding tert-OH is 1. The molecule has 0 aliphatic carbocycles. The Morgan fingerprint density at radius 3 is 2.72 bits per heavy atom. The molecule has 0 unspecified atom stereocenters. The van der Waals surface area contributed by atoms with E-state index in [1.54, 1.807) is 24.6 Å². The van der Waals surface area contributed by atoms with Crippen molar-refractivity contribution < 1.29 is 14.6 Å². The number of nitrogens with zero attached hydrogens (tertiary/aromatic N) is 2. The largest absolute Gasteiger partial charge is 0.479 e. The zero-order chi connectivity index (χ0) is 17.8. The summed E-state index contributed by atoms with van der Waals surface area (Å²) in [4.78, 5) is 12.2. The minimum absolute atomic E-state index is 0.106. The highest BCUT2D eigenvalue weighted by Crippen LogP contribution is 2.24. The quantitative estimate of drug-likeness (QED) is 0.711. The van der Waals surface area contributed by atoms with E-state index in [9.17, 15) is 9.90 Å². The van der Waals surface area contributed by atoms with Crippen LogP contribution in [0.5, 0.6) is 5.88 Å². The van der Waals surface area contributed by atoms with E-state index in [4.69, 9.17) is 4.74 Å². The Kier molecular flexibility index (Phi) is 5.16. The summed E-state index contributed by atoms with van der Waals surface area (Å²) in [6.45, 7) is 0.106. The Bertz CT molecular complexity index is 841. The van der Waals surface area contributed by atoms with E-state index in [1.807, 2.05) is 29.6 Å². The summed E-state index contributed by atoms with van der Waals surface area (Å²) < 4.78 is 6.58. The van der Waals surface area contributed by atoms with Crippen LogP contribution in [0.25, 0.3) is 11.1 Å². The summed E-state index contributed by atoms with van der Waals surface area (Å²) in [5, 5.41) is 21.2. The summed E-state index contributed by atoms with van der Waals surface area (Å²) in [5.41, 5.74) is 3.34. The number of benzene rings is 1. The second kappa shape index (κ2) is 7.50. The van der Waals surface area contributed by atoms with Crippen LogP contribution in [-0.4, -0.2) is 34.4 Å². The van der Waals surface area contributed by atoms with Crippen molar-refractivity contribution in [2.24, 2.45) is 7.05 Å². The number of carbonyl (C=O) groups is 1. The van der Waals surface area contributed by atoms with Gasteiger partial charge in [0.25, 0.3) is 5.91 Å². The number of carbonyl (C=O) groups excluding carboxylic acids is 1. The average Bonchev–Trinajstić information content (AvgIpc) is 3.29. The standard InChI is InChI=1S/C18H19N3O3S/c1-21-10-15(18(20-21)24-2)17(23)19-9-16(22)13-5-3-12(4-6-13)14-7-8-25-11-14/h3-8,10-11,16,22H,9H2,1-2H3,(H,19,23)/t16-/m1/s1. The SMILES string of the molecule is COc1nn(C)cc1C(=O)NC[C@@H](O)c1ccc(-c2ccsc2)cc1. The molecule has 2 N–H and O–H groups in total. The number of aryl methyl sites for hydroxylation is 1. The van der Waals surface area contributed by atoms with E-state index in [0.717, 1.165) is 16.7 Å². The van der Waals surface area contributed by atoms with Crippen LogP contribution >= 0.6 is 11.3 Å². The van der Waals surface area contributed by atoms with E-state index in [0.29, 0.717) is 5.56 Å². The lowest BCUT2D eigenvalue weighted by atomic mass is 10.0. The highest BCUT2D eigenvalue weighted by Gasteiger charge is 2.17. The molecule has 0 aliphatic rings. The molecule has 0 spiro atoms. The zero-order valence-corrected chi connectivity index (χ0v) is 14.8. The molecule has 2 aromatic heterocycles. The molecule has 0 radical (unpaired) electrons. The smallest absolute Gasteiger partial charge is 0.258 e. The third kappa shape index (κ3) is 3.89. The molecule has 0 bridgehead atoms. The summed E-state index contributed by atoms with van der Waals surface area (Å²) in [5.74, 6) is -0.0755. The molecule has 1 amide bonds. The van der Waals surface area contributed by atoms with Crippen molar-refractivity contribution >= 4 is 17.2 Å². The number of aromatic nitrogens is 2. The number of ether oxygens (including phenoxy) is 1. The van der Waals surface area contributed by atoms with Gasteiger partial charge in [0.05, 0.1) is 13.2 Å². The first-order chi connectivity index (χ1) is 12.1. The lowest BCUT2D eigenvalue weighted by Crippen LogP contribution is -2.28. The summed E-state index contributed by atoms with van der Waals surface area (Å²) in [7, 11) is 3.17. The number of rotatable bonds is 6. The van der Waals surface area contributed by atoms with E-state index in [-0.39, 0.29) is 18.3 Å². The van der Waals surface area contributed by atoms with Gasteiger partial charge >= 0.3 is 0 Å². The zero-order valence-electron chi connectivity index (χ0n) is 14.0. The fraction of sp³-hybridized carbons (Fsp3) is 0.222. The third-order valence-corrected chi connectivity index (χ3v) is 4.52. The second-order valence-corrected chi connectivity index (χ2v) is 6.37. The Morgan fingerprint density at radius 1 is 1.32 bits per heavy atom. The molecular weight excluding hydrogens is 338 g/mol. The Hall–Kier alpha value is -2.64. The first kappa shape index (κ1) is 17.2. The van der Waals surface area contributed by atoms with E-state index in [2.05, 4.69) is 21.9 Å². The van der Waals surface area contributed by atoms with Crippen molar-refractivity contribution in [3.05, 3.63) is 58.4 Å². The van der Waals surface area contributed by atoms with E-state index in [1.165, 1.54) is 11.8 Å². The van der Waals surface area contributed by atoms with Gasteiger partial charge in [0.15, 0.2) is 0 Å². The summed E-state index contributed by atoms with van der Waals surface area (Å²) in [6.07, 6.45) is 0.791. The number of amides is 1. The van der Waals surface area contributed by atoms with Crippen molar-refractivity contribution in [2.45, 2.75) is 6.10 Å². The monoisotopic (exact) mass is 357 g/mol. The molecule has 0 saturated carbocycles. The van der Waals surface area contributed by atoms with Gasteiger partial charge in [-0.1, -0.05) is 24.3 Å². The van der Waals surface area contributed by atoms with Crippen LogP contribution in [0.15, 0.2) is 47.3 Å². The van der Waals surface area contributed by atoms with Crippen molar-refractivity contribution in [3.63, 3.8) is 0 Å². The minimum atomic E-state index is -0.789. The number of nitrogens with one attached hydrogen (secondary N) is 1. The maximum absolute atomic E-state index is 12.2. The lowest BCUT2D eigenvalue weighted by molar-refractivity contribution is 0.0913. The third-order valence-electron chi connectivity index (χ3n) is 3.84. The topological polar surface area (TPSA) is 76.4 Å². The average molecular weight is 357 g/mol.